The van der Waals surface area contributed by atoms with Gasteiger partial charge in [-0.15, -0.1) is 5.10 Å². The molecule has 0 saturated carbocycles. The largest absolute Gasteiger partial charge is 0.612 e. The van der Waals surface area contributed by atoms with E-state index >= 15 is 0 Å². The fourth-order valence-electron chi connectivity index (χ4n) is 3.49. The van der Waals surface area contributed by atoms with E-state index in [-0.39, 0.29) is 16.3 Å². The second-order valence-electron chi connectivity index (χ2n) is 6.65. The standard InChI is InChI=1S/C20H17ClN4O3S/c1-29(28)12-7-9-16(21)15(10-12)20(27)24-25-18-13-5-3-2-4-11(13)6-8-14(18)17(23-25)19(22)26/h2-5,7,9-10H,6,8H2,1H3,(H2,22,26)(H,24,27). The van der Waals surface area contributed by atoms with Crippen molar-refractivity contribution in [2.75, 3.05) is 11.7 Å². The second kappa shape index (κ2) is 7.55. The van der Waals surface area contributed by atoms with Crippen LogP contribution in [0.3, 0.4) is 0 Å². The first-order chi connectivity index (χ1) is 13.9. The van der Waals surface area contributed by atoms with E-state index in [0.717, 1.165) is 17.5 Å². The van der Waals surface area contributed by atoms with Crippen molar-refractivity contribution in [3.05, 3.63) is 69.9 Å². The summed E-state index contributed by atoms with van der Waals surface area (Å²) in [5.41, 5.74) is 11.8. The van der Waals surface area contributed by atoms with Crippen LogP contribution in [0.4, 0.5) is 0 Å². The summed E-state index contributed by atoms with van der Waals surface area (Å²) in [5.74, 6) is -1.19. The number of benzene rings is 2. The molecule has 0 fully saturated rings. The number of hydrogen-bond donors (Lipinski definition) is 2. The predicted octanol–water partition coefficient (Wildman–Crippen LogP) is 2.52. The lowest BCUT2D eigenvalue weighted by Gasteiger charge is -2.18. The molecule has 1 heterocycles. The number of amides is 2. The molecular formula is C20H17ClN4O3S. The molecule has 1 atom stereocenters. The topological polar surface area (TPSA) is 113 Å². The number of rotatable bonds is 4. The molecule has 1 aliphatic carbocycles. The van der Waals surface area contributed by atoms with Crippen LogP contribution in [0.2, 0.25) is 5.02 Å². The summed E-state index contributed by atoms with van der Waals surface area (Å²) in [4.78, 5) is 26.6. The molecule has 0 radical (unpaired) electrons. The van der Waals surface area contributed by atoms with Crippen LogP contribution < -0.4 is 11.2 Å². The Bertz CT molecular complexity index is 1140. The normalized spacial score (nSPS) is 13.3. The van der Waals surface area contributed by atoms with Crippen LogP contribution in [-0.4, -0.2) is 32.5 Å². The molecule has 29 heavy (non-hydrogen) atoms. The van der Waals surface area contributed by atoms with Gasteiger partial charge < -0.3 is 10.3 Å². The summed E-state index contributed by atoms with van der Waals surface area (Å²) in [7, 11) is 0. The third-order valence-electron chi connectivity index (χ3n) is 4.86. The highest BCUT2D eigenvalue weighted by Crippen LogP contribution is 2.35. The SMILES string of the molecule is C[S+]([O-])c1ccc(Cl)c(C(=O)Nn2nc(C(N)=O)c3c2-c2ccccc2CC3)c1. The van der Waals surface area contributed by atoms with Gasteiger partial charge in [0.25, 0.3) is 11.8 Å². The van der Waals surface area contributed by atoms with E-state index in [4.69, 9.17) is 17.3 Å². The van der Waals surface area contributed by atoms with Gasteiger partial charge in [-0.1, -0.05) is 35.9 Å². The summed E-state index contributed by atoms with van der Waals surface area (Å²) in [5, 5.41) is 4.47. The number of aromatic nitrogens is 2. The highest BCUT2D eigenvalue weighted by atomic mass is 35.5. The summed E-state index contributed by atoms with van der Waals surface area (Å²) in [6.07, 6.45) is 2.86. The molecule has 1 aliphatic rings. The number of nitrogens with one attached hydrogen (secondary N) is 1. The molecule has 1 aromatic heterocycles. The van der Waals surface area contributed by atoms with Crippen LogP contribution in [-0.2, 0) is 24.0 Å². The Balaban J connectivity index is 1.79. The van der Waals surface area contributed by atoms with Crippen LogP contribution in [0.25, 0.3) is 11.3 Å². The maximum Gasteiger partial charge on any atom is 0.273 e. The maximum atomic E-state index is 12.9. The van der Waals surface area contributed by atoms with E-state index in [9.17, 15) is 14.1 Å². The number of primary amides is 1. The lowest BCUT2D eigenvalue weighted by molar-refractivity contribution is 0.0983. The highest BCUT2D eigenvalue weighted by Gasteiger charge is 2.28. The fourth-order valence-corrected chi connectivity index (χ4v) is 4.23. The van der Waals surface area contributed by atoms with Crippen molar-refractivity contribution in [2.24, 2.45) is 5.73 Å². The van der Waals surface area contributed by atoms with Gasteiger partial charge in [-0.3, -0.25) is 9.59 Å². The Morgan fingerprint density at radius 3 is 2.72 bits per heavy atom. The number of carbonyl (C=O) groups excluding carboxylic acids is 2. The van der Waals surface area contributed by atoms with Gasteiger partial charge >= 0.3 is 0 Å². The minimum atomic E-state index is -1.27. The third kappa shape index (κ3) is 3.50. The molecule has 7 nitrogen and oxygen atoms in total. The number of nitrogens with two attached hydrogens (primary N) is 1. The van der Waals surface area contributed by atoms with E-state index < -0.39 is 23.0 Å². The lowest BCUT2D eigenvalue weighted by atomic mass is 9.89. The Hall–Kier alpha value is -2.81. The van der Waals surface area contributed by atoms with Gasteiger partial charge in [0, 0.05) is 17.2 Å². The predicted molar refractivity (Wildman–Crippen MR) is 111 cm³/mol. The fraction of sp³-hybridized carbons (Fsp3) is 0.150. The molecule has 148 valence electrons. The smallest absolute Gasteiger partial charge is 0.273 e. The molecule has 0 aliphatic heterocycles. The Labute approximate surface area is 175 Å². The summed E-state index contributed by atoms with van der Waals surface area (Å²) >= 11 is 4.91. The van der Waals surface area contributed by atoms with Gasteiger partial charge in [-0.2, -0.15) is 4.79 Å². The minimum absolute atomic E-state index is 0.129. The number of carbonyl (C=O) groups is 2. The van der Waals surface area contributed by atoms with Gasteiger partial charge in [0.15, 0.2) is 10.6 Å². The minimum Gasteiger partial charge on any atom is -0.612 e. The molecular weight excluding hydrogens is 412 g/mol. The number of aryl methyl sites for hydroxylation is 1. The zero-order chi connectivity index (χ0) is 20.7. The first-order valence-corrected chi connectivity index (χ1v) is 10.7. The summed E-state index contributed by atoms with van der Waals surface area (Å²) in [6, 6.07) is 12.3. The van der Waals surface area contributed by atoms with E-state index in [1.165, 1.54) is 23.2 Å². The Morgan fingerprint density at radius 2 is 2.00 bits per heavy atom. The van der Waals surface area contributed by atoms with Crippen LogP contribution in [0.5, 0.6) is 0 Å². The zero-order valence-electron chi connectivity index (χ0n) is 15.4. The molecule has 0 saturated heterocycles. The van der Waals surface area contributed by atoms with Gasteiger partial charge in [-0.05, 0) is 41.7 Å². The molecule has 9 heteroatoms. The number of halogens is 1. The van der Waals surface area contributed by atoms with Crippen molar-refractivity contribution in [1.29, 1.82) is 0 Å². The monoisotopic (exact) mass is 428 g/mol. The average Bonchev–Trinajstić information content (AvgIpc) is 3.07. The van der Waals surface area contributed by atoms with E-state index in [1.54, 1.807) is 6.07 Å². The average molecular weight is 429 g/mol. The van der Waals surface area contributed by atoms with Crippen molar-refractivity contribution < 1.29 is 14.1 Å². The van der Waals surface area contributed by atoms with Gasteiger partial charge in [-0.25, -0.2) is 5.43 Å². The van der Waals surface area contributed by atoms with Gasteiger partial charge in [0.05, 0.1) is 16.3 Å². The molecule has 0 spiro atoms. The number of fused-ring (bicyclic) bond motifs is 3. The maximum absolute atomic E-state index is 12.9. The first-order valence-electron chi connectivity index (χ1n) is 8.81. The molecule has 2 aromatic carbocycles. The summed E-state index contributed by atoms with van der Waals surface area (Å²) < 4.78 is 11.8. The van der Waals surface area contributed by atoms with E-state index in [2.05, 4.69) is 10.5 Å². The van der Waals surface area contributed by atoms with Crippen molar-refractivity contribution in [1.82, 2.24) is 9.89 Å². The van der Waals surface area contributed by atoms with Crippen molar-refractivity contribution in [2.45, 2.75) is 17.7 Å². The number of hydrogen-bond acceptors (Lipinski definition) is 4. The Kier molecular flexibility index (Phi) is 5.08. The molecule has 1 unspecified atom stereocenters. The third-order valence-corrected chi connectivity index (χ3v) is 6.10. The van der Waals surface area contributed by atoms with Gasteiger partial charge in [0.1, 0.15) is 6.26 Å². The van der Waals surface area contributed by atoms with Crippen molar-refractivity contribution in [3.63, 3.8) is 0 Å². The highest BCUT2D eigenvalue weighted by molar-refractivity contribution is 7.90. The van der Waals surface area contributed by atoms with E-state index in [0.29, 0.717) is 22.6 Å². The summed E-state index contributed by atoms with van der Waals surface area (Å²) in [6.45, 7) is 0. The number of nitrogens with zero attached hydrogens (tertiary/aromatic N) is 2. The molecule has 3 aromatic rings. The van der Waals surface area contributed by atoms with Gasteiger partial charge in [0.2, 0.25) is 0 Å². The molecule has 2 amide bonds. The van der Waals surface area contributed by atoms with Crippen LogP contribution in [0, 0.1) is 0 Å². The Morgan fingerprint density at radius 1 is 1.24 bits per heavy atom. The molecule has 4 rings (SSSR count). The van der Waals surface area contributed by atoms with Crippen LogP contribution in [0.1, 0.15) is 32.0 Å². The quantitative estimate of drug-likeness (QED) is 0.621. The van der Waals surface area contributed by atoms with Crippen LogP contribution >= 0.6 is 11.6 Å². The first kappa shape index (κ1) is 19.5. The molecule has 0 bridgehead atoms. The molecule has 3 N–H and O–H groups in total. The van der Waals surface area contributed by atoms with E-state index in [1.807, 2.05) is 24.3 Å². The second-order valence-corrected chi connectivity index (χ2v) is 8.43. The lowest BCUT2D eigenvalue weighted by Crippen LogP contribution is -2.26. The van der Waals surface area contributed by atoms with Crippen molar-refractivity contribution >= 4 is 34.6 Å². The van der Waals surface area contributed by atoms with Crippen molar-refractivity contribution in [3.8, 4) is 11.3 Å². The van der Waals surface area contributed by atoms with Crippen LogP contribution in [0.15, 0.2) is 47.4 Å². The zero-order valence-corrected chi connectivity index (χ0v) is 17.0.